The maximum absolute atomic E-state index is 5.35. The van der Waals surface area contributed by atoms with Crippen molar-refractivity contribution in [1.82, 2.24) is 0 Å². The first-order valence-electron chi connectivity index (χ1n) is 5.76. The lowest BCUT2D eigenvalue weighted by Crippen LogP contribution is -2.25. The van der Waals surface area contributed by atoms with Crippen molar-refractivity contribution in [2.24, 2.45) is 21.3 Å². The van der Waals surface area contributed by atoms with Gasteiger partial charge in [0.05, 0.1) is 5.71 Å². The molecule has 0 N–H and O–H groups in total. The second kappa shape index (κ2) is 4.05. The molecular formula is C12H20N2O. The maximum Gasteiger partial charge on any atom is 0.143 e. The molecule has 1 unspecified atom stereocenters. The minimum atomic E-state index is 0.128. The minimum absolute atomic E-state index is 0.128. The standard InChI is InChI=1S/C12H20N2O/c1-12(2,3)10-8-13-11(14-10)9-4-6-15-7-5-9/h8-9,11H,4-7H2,1-3H3. The van der Waals surface area contributed by atoms with Crippen molar-refractivity contribution in [3.05, 3.63) is 0 Å². The van der Waals surface area contributed by atoms with Gasteiger partial charge in [0.1, 0.15) is 6.17 Å². The summed E-state index contributed by atoms with van der Waals surface area (Å²) in [7, 11) is 0. The van der Waals surface area contributed by atoms with Crippen molar-refractivity contribution < 1.29 is 4.74 Å². The molecule has 0 spiro atoms. The smallest absolute Gasteiger partial charge is 0.143 e. The van der Waals surface area contributed by atoms with E-state index >= 15 is 0 Å². The highest BCUT2D eigenvalue weighted by molar-refractivity contribution is 6.33. The van der Waals surface area contributed by atoms with Crippen LogP contribution in [0.25, 0.3) is 0 Å². The SMILES string of the molecule is CC(C)(C)C1=NC(C2CCOCC2)N=C1. The Bertz CT molecular complexity index is 282. The van der Waals surface area contributed by atoms with Gasteiger partial charge in [-0.25, -0.2) is 0 Å². The molecular weight excluding hydrogens is 188 g/mol. The fourth-order valence-corrected chi connectivity index (χ4v) is 1.98. The van der Waals surface area contributed by atoms with Gasteiger partial charge >= 0.3 is 0 Å². The fourth-order valence-electron chi connectivity index (χ4n) is 1.98. The van der Waals surface area contributed by atoms with E-state index in [9.17, 15) is 0 Å². The van der Waals surface area contributed by atoms with E-state index in [1.807, 2.05) is 6.21 Å². The summed E-state index contributed by atoms with van der Waals surface area (Å²) in [6, 6.07) is 0. The molecule has 2 aliphatic rings. The van der Waals surface area contributed by atoms with Gasteiger partial charge in [-0.1, -0.05) is 20.8 Å². The molecule has 1 atom stereocenters. The first-order chi connectivity index (χ1) is 7.07. The molecule has 3 heteroatoms. The summed E-state index contributed by atoms with van der Waals surface area (Å²) in [5.41, 5.74) is 1.27. The van der Waals surface area contributed by atoms with Gasteiger partial charge in [-0.2, -0.15) is 0 Å². The van der Waals surface area contributed by atoms with Gasteiger partial charge in [0.15, 0.2) is 0 Å². The molecule has 0 amide bonds. The van der Waals surface area contributed by atoms with E-state index in [0.717, 1.165) is 31.8 Å². The number of hydrogen-bond donors (Lipinski definition) is 0. The van der Waals surface area contributed by atoms with E-state index in [4.69, 9.17) is 9.73 Å². The van der Waals surface area contributed by atoms with Crippen LogP contribution in [-0.2, 0) is 4.74 Å². The van der Waals surface area contributed by atoms with Gasteiger partial charge in [-0.05, 0) is 12.8 Å². The number of hydrogen-bond acceptors (Lipinski definition) is 3. The van der Waals surface area contributed by atoms with E-state index in [1.165, 1.54) is 0 Å². The number of aliphatic imine (C=N–C) groups is 2. The van der Waals surface area contributed by atoms with Crippen LogP contribution in [-0.4, -0.2) is 31.3 Å². The average molecular weight is 208 g/mol. The van der Waals surface area contributed by atoms with Gasteiger partial charge in [0.2, 0.25) is 0 Å². The molecule has 0 aromatic heterocycles. The Labute approximate surface area is 91.6 Å². The third-order valence-corrected chi connectivity index (χ3v) is 3.08. The predicted molar refractivity (Wildman–Crippen MR) is 62.7 cm³/mol. The van der Waals surface area contributed by atoms with Crippen LogP contribution in [0.4, 0.5) is 0 Å². The summed E-state index contributed by atoms with van der Waals surface area (Å²) in [5.74, 6) is 0.592. The van der Waals surface area contributed by atoms with Crippen molar-refractivity contribution in [3.63, 3.8) is 0 Å². The van der Waals surface area contributed by atoms with Crippen LogP contribution in [0, 0.1) is 11.3 Å². The van der Waals surface area contributed by atoms with E-state index in [-0.39, 0.29) is 11.6 Å². The summed E-state index contributed by atoms with van der Waals surface area (Å²) < 4.78 is 5.35. The topological polar surface area (TPSA) is 34.0 Å². The van der Waals surface area contributed by atoms with Crippen molar-refractivity contribution in [2.75, 3.05) is 13.2 Å². The molecule has 0 aromatic rings. The zero-order valence-corrected chi connectivity index (χ0v) is 9.86. The highest BCUT2D eigenvalue weighted by Gasteiger charge is 2.29. The summed E-state index contributed by atoms with van der Waals surface area (Å²) >= 11 is 0. The van der Waals surface area contributed by atoms with Gasteiger partial charge in [-0.15, -0.1) is 0 Å². The van der Waals surface area contributed by atoms with Crippen LogP contribution in [0.3, 0.4) is 0 Å². The summed E-state index contributed by atoms with van der Waals surface area (Å²) in [6.07, 6.45) is 4.33. The Morgan fingerprint density at radius 1 is 1.27 bits per heavy atom. The normalized spacial score (nSPS) is 28.2. The molecule has 0 aromatic carbocycles. The molecule has 2 rings (SSSR count). The van der Waals surface area contributed by atoms with Gasteiger partial charge in [-0.3, -0.25) is 9.98 Å². The highest BCUT2D eigenvalue weighted by atomic mass is 16.5. The third kappa shape index (κ3) is 2.46. The zero-order valence-electron chi connectivity index (χ0n) is 9.86. The Morgan fingerprint density at radius 3 is 2.47 bits per heavy atom. The van der Waals surface area contributed by atoms with Crippen LogP contribution < -0.4 is 0 Å². The first-order valence-corrected chi connectivity index (χ1v) is 5.76. The van der Waals surface area contributed by atoms with E-state index in [0.29, 0.717) is 5.92 Å². The van der Waals surface area contributed by atoms with Crippen molar-refractivity contribution >= 4 is 11.9 Å². The quantitative estimate of drug-likeness (QED) is 0.651. The first kappa shape index (κ1) is 10.8. The second-order valence-corrected chi connectivity index (χ2v) is 5.41. The van der Waals surface area contributed by atoms with Crippen molar-refractivity contribution in [2.45, 2.75) is 39.8 Å². The highest BCUT2D eigenvalue weighted by Crippen LogP contribution is 2.27. The largest absolute Gasteiger partial charge is 0.381 e. The van der Waals surface area contributed by atoms with Crippen LogP contribution in [0.15, 0.2) is 9.98 Å². The van der Waals surface area contributed by atoms with Gasteiger partial charge in [0, 0.05) is 30.8 Å². The van der Waals surface area contributed by atoms with Crippen LogP contribution in [0.5, 0.6) is 0 Å². The molecule has 1 saturated heterocycles. The number of ether oxygens (including phenoxy) is 1. The van der Waals surface area contributed by atoms with E-state index < -0.39 is 0 Å². The summed E-state index contributed by atoms with van der Waals surface area (Å²) in [4.78, 5) is 9.24. The summed E-state index contributed by atoms with van der Waals surface area (Å²) in [6.45, 7) is 8.30. The minimum Gasteiger partial charge on any atom is -0.381 e. The van der Waals surface area contributed by atoms with Crippen LogP contribution >= 0.6 is 0 Å². The van der Waals surface area contributed by atoms with Gasteiger partial charge < -0.3 is 4.74 Å². The molecule has 0 aliphatic carbocycles. The maximum atomic E-state index is 5.35. The fraction of sp³-hybridized carbons (Fsp3) is 0.833. The number of rotatable bonds is 1. The Balaban J connectivity index is 2.02. The Hall–Kier alpha value is -0.700. The molecule has 15 heavy (non-hydrogen) atoms. The number of nitrogens with zero attached hydrogens (tertiary/aromatic N) is 2. The van der Waals surface area contributed by atoms with Gasteiger partial charge in [0.25, 0.3) is 0 Å². The second-order valence-electron chi connectivity index (χ2n) is 5.41. The van der Waals surface area contributed by atoms with Crippen molar-refractivity contribution in [1.29, 1.82) is 0 Å². The zero-order chi connectivity index (χ0) is 10.9. The lowest BCUT2D eigenvalue weighted by molar-refractivity contribution is 0.0599. The Kier molecular flexibility index (Phi) is 2.91. The molecule has 2 aliphatic heterocycles. The molecule has 84 valence electrons. The Morgan fingerprint density at radius 2 is 1.93 bits per heavy atom. The van der Waals surface area contributed by atoms with Crippen LogP contribution in [0.2, 0.25) is 0 Å². The lowest BCUT2D eigenvalue weighted by atomic mass is 9.91. The predicted octanol–water partition coefficient (Wildman–Crippen LogP) is 2.31. The molecule has 3 nitrogen and oxygen atoms in total. The molecule has 0 bridgehead atoms. The molecule has 0 saturated carbocycles. The monoisotopic (exact) mass is 208 g/mol. The van der Waals surface area contributed by atoms with E-state index in [2.05, 4.69) is 25.8 Å². The molecule has 0 radical (unpaired) electrons. The lowest BCUT2D eigenvalue weighted by Gasteiger charge is -2.24. The third-order valence-electron chi connectivity index (χ3n) is 3.08. The molecule has 2 heterocycles. The van der Waals surface area contributed by atoms with E-state index in [1.54, 1.807) is 0 Å². The molecule has 1 fully saturated rings. The van der Waals surface area contributed by atoms with Crippen LogP contribution in [0.1, 0.15) is 33.6 Å². The average Bonchev–Trinajstić information content (AvgIpc) is 2.67. The summed E-state index contributed by atoms with van der Waals surface area (Å²) in [5, 5.41) is 0. The van der Waals surface area contributed by atoms with Crippen molar-refractivity contribution in [3.8, 4) is 0 Å².